The number of nitro benzene ring substituents is 1. The number of hydrogen-bond acceptors (Lipinski definition) is 5. The highest BCUT2D eigenvalue weighted by Crippen LogP contribution is 2.35. The van der Waals surface area contributed by atoms with Gasteiger partial charge in [-0.15, -0.1) is 11.3 Å². The number of nitro groups is 1. The van der Waals surface area contributed by atoms with Crippen LogP contribution in [0.3, 0.4) is 0 Å². The van der Waals surface area contributed by atoms with Crippen molar-refractivity contribution in [1.29, 1.82) is 0 Å². The second-order valence-corrected chi connectivity index (χ2v) is 8.27. The minimum atomic E-state index is -3.92. The number of nitrogens with zero attached hydrogens (tertiary/aromatic N) is 2. The Morgan fingerprint density at radius 3 is 2.43 bits per heavy atom. The minimum absolute atomic E-state index is 0.000696. The largest absolute Gasteiger partial charge is 0.295 e. The molecule has 0 atom stereocenters. The summed E-state index contributed by atoms with van der Waals surface area (Å²) in [5.74, 6) is 0. The summed E-state index contributed by atoms with van der Waals surface area (Å²) >= 11 is 12.3. The molecule has 6 nitrogen and oxygen atoms in total. The van der Waals surface area contributed by atoms with Gasteiger partial charge in [-0.3, -0.25) is 14.4 Å². The first-order chi connectivity index (χ1) is 9.73. The molecule has 0 fully saturated rings. The number of halogens is 2. The van der Waals surface area contributed by atoms with Crippen LogP contribution in [0.15, 0.2) is 34.5 Å². The highest BCUT2D eigenvalue weighted by Gasteiger charge is 2.28. The summed E-state index contributed by atoms with van der Waals surface area (Å²) in [5.41, 5.74) is -0.467. The van der Waals surface area contributed by atoms with Crippen molar-refractivity contribution in [2.45, 2.75) is 4.21 Å². The van der Waals surface area contributed by atoms with E-state index < -0.39 is 20.6 Å². The molecule has 0 amide bonds. The Hall–Kier alpha value is -1.35. The van der Waals surface area contributed by atoms with E-state index in [1.54, 1.807) is 0 Å². The Kier molecular flexibility index (Phi) is 4.43. The average molecular weight is 367 g/mol. The van der Waals surface area contributed by atoms with Crippen molar-refractivity contribution in [3.63, 3.8) is 0 Å². The average Bonchev–Trinajstić information content (AvgIpc) is 2.85. The van der Waals surface area contributed by atoms with E-state index in [0.717, 1.165) is 21.7 Å². The van der Waals surface area contributed by atoms with Gasteiger partial charge in [0, 0.05) is 18.1 Å². The molecule has 0 aliphatic rings. The molecule has 1 aromatic heterocycles. The topological polar surface area (TPSA) is 80.5 Å². The first kappa shape index (κ1) is 16.0. The van der Waals surface area contributed by atoms with Gasteiger partial charge in [-0.05, 0) is 24.3 Å². The fraction of sp³-hybridized carbons (Fsp3) is 0.0909. The fourth-order valence-electron chi connectivity index (χ4n) is 1.61. The Morgan fingerprint density at radius 2 is 1.90 bits per heavy atom. The van der Waals surface area contributed by atoms with Crippen molar-refractivity contribution < 1.29 is 13.3 Å². The first-order valence-electron chi connectivity index (χ1n) is 5.41. The summed E-state index contributed by atoms with van der Waals surface area (Å²) in [6.07, 6.45) is 0. The summed E-state index contributed by atoms with van der Waals surface area (Å²) in [4.78, 5) is 10.4. The summed E-state index contributed by atoms with van der Waals surface area (Å²) in [5, 5.41) is 11.2. The zero-order valence-corrected chi connectivity index (χ0v) is 13.6. The third kappa shape index (κ3) is 3.13. The number of hydrogen-bond donors (Lipinski definition) is 0. The van der Waals surface area contributed by atoms with Crippen LogP contribution in [0.25, 0.3) is 0 Å². The van der Waals surface area contributed by atoms with E-state index >= 15 is 0 Å². The zero-order valence-electron chi connectivity index (χ0n) is 10.5. The molecular formula is C11H8Cl2N2O4S2. The SMILES string of the molecule is CN(c1ccc(Cl)cc1[N+](=O)[O-])S(=O)(=O)c1ccc(Cl)s1. The molecule has 1 heterocycles. The molecule has 0 radical (unpaired) electrons. The van der Waals surface area contributed by atoms with E-state index in [1.165, 1.54) is 31.3 Å². The molecule has 2 rings (SSSR count). The van der Waals surface area contributed by atoms with Crippen LogP contribution in [0.5, 0.6) is 0 Å². The van der Waals surface area contributed by atoms with Gasteiger partial charge in [0.15, 0.2) is 0 Å². The smallest absolute Gasteiger partial charge is 0.262 e. The van der Waals surface area contributed by atoms with Crippen LogP contribution < -0.4 is 4.31 Å². The molecule has 0 aliphatic heterocycles. The molecule has 0 saturated carbocycles. The lowest BCUT2D eigenvalue weighted by Gasteiger charge is -2.18. The third-order valence-corrected chi connectivity index (χ3v) is 6.34. The standard InChI is InChI=1S/C11H8Cl2N2O4S2/c1-14(21(18,19)11-5-4-10(13)20-11)8-3-2-7(12)6-9(8)15(16)17/h2-6H,1H3. The Labute approximate surface area is 134 Å². The Morgan fingerprint density at radius 1 is 1.24 bits per heavy atom. The van der Waals surface area contributed by atoms with E-state index in [0.29, 0.717) is 4.34 Å². The quantitative estimate of drug-likeness (QED) is 0.608. The normalized spacial score (nSPS) is 11.4. The summed E-state index contributed by atoms with van der Waals surface area (Å²) in [6.45, 7) is 0. The molecular weight excluding hydrogens is 359 g/mol. The van der Waals surface area contributed by atoms with Gasteiger partial charge in [0.25, 0.3) is 15.7 Å². The highest BCUT2D eigenvalue weighted by molar-refractivity contribution is 7.94. The molecule has 10 heteroatoms. The van der Waals surface area contributed by atoms with Crippen molar-refractivity contribution in [1.82, 2.24) is 0 Å². The van der Waals surface area contributed by atoms with Crippen LogP contribution >= 0.6 is 34.5 Å². The molecule has 112 valence electrons. The van der Waals surface area contributed by atoms with Crippen molar-refractivity contribution >= 4 is 55.9 Å². The van der Waals surface area contributed by atoms with Crippen molar-refractivity contribution in [2.75, 3.05) is 11.4 Å². The lowest BCUT2D eigenvalue weighted by molar-refractivity contribution is -0.384. The molecule has 0 spiro atoms. The molecule has 0 bridgehead atoms. The van der Waals surface area contributed by atoms with Gasteiger partial charge in [-0.1, -0.05) is 23.2 Å². The number of rotatable bonds is 4. The lowest BCUT2D eigenvalue weighted by Crippen LogP contribution is -2.26. The summed E-state index contributed by atoms with van der Waals surface area (Å²) in [6, 6.07) is 6.57. The van der Waals surface area contributed by atoms with E-state index in [1.807, 2.05) is 0 Å². The maximum atomic E-state index is 12.4. The molecule has 0 saturated heterocycles. The van der Waals surface area contributed by atoms with E-state index in [-0.39, 0.29) is 14.9 Å². The molecule has 1 aromatic carbocycles. The van der Waals surface area contributed by atoms with Crippen LogP contribution in [0.1, 0.15) is 0 Å². The van der Waals surface area contributed by atoms with Gasteiger partial charge in [0.2, 0.25) is 0 Å². The number of sulfonamides is 1. The lowest BCUT2D eigenvalue weighted by atomic mass is 10.3. The van der Waals surface area contributed by atoms with Crippen LogP contribution in [0, 0.1) is 10.1 Å². The van der Waals surface area contributed by atoms with Crippen molar-refractivity contribution in [3.8, 4) is 0 Å². The van der Waals surface area contributed by atoms with Crippen LogP contribution in [0.4, 0.5) is 11.4 Å². The minimum Gasteiger partial charge on any atom is -0.262 e. The Balaban J connectivity index is 2.54. The summed E-state index contributed by atoms with van der Waals surface area (Å²) < 4.78 is 26.0. The van der Waals surface area contributed by atoms with Crippen LogP contribution in [0.2, 0.25) is 9.36 Å². The first-order valence-corrected chi connectivity index (χ1v) is 8.43. The van der Waals surface area contributed by atoms with Crippen molar-refractivity contribution in [3.05, 3.63) is 49.8 Å². The molecule has 2 aromatic rings. The predicted molar refractivity (Wildman–Crippen MR) is 83.0 cm³/mol. The van der Waals surface area contributed by atoms with Gasteiger partial charge in [0.05, 0.1) is 9.26 Å². The molecule has 0 aliphatic carbocycles. The van der Waals surface area contributed by atoms with Gasteiger partial charge in [-0.2, -0.15) is 0 Å². The summed E-state index contributed by atoms with van der Waals surface area (Å²) in [7, 11) is -2.68. The van der Waals surface area contributed by atoms with Crippen molar-refractivity contribution in [2.24, 2.45) is 0 Å². The van der Waals surface area contributed by atoms with E-state index in [9.17, 15) is 18.5 Å². The van der Waals surface area contributed by atoms with E-state index in [4.69, 9.17) is 23.2 Å². The van der Waals surface area contributed by atoms with E-state index in [2.05, 4.69) is 0 Å². The van der Waals surface area contributed by atoms with Gasteiger partial charge in [-0.25, -0.2) is 8.42 Å². The Bertz CT molecular complexity index is 804. The third-order valence-electron chi connectivity index (χ3n) is 2.64. The maximum absolute atomic E-state index is 12.4. The molecule has 0 N–H and O–H groups in total. The fourth-order valence-corrected chi connectivity index (χ4v) is 4.64. The highest BCUT2D eigenvalue weighted by atomic mass is 35.5. The maximum Gasteiger partial charge on any atom is 0.295 e. The number of benzene rings is 1. The zero-order chi connectivity index (χ0) is 15.8. The second-order valence-electron chi connectivity index (χ2n) is 3.92. The van der Waals surface area contributed by atoms with Gasteiger partial charge in [0.1, 0.15) is 9.90 Å². The monoisotopic (exact) mass is 366 g/mol. The predicted octanol–water partition coefficient (Wildman–Crippen LogP) is 3.79. The van der Waals surface area contributed by atoms with Crippen LogP contribution in [-0.2, 0) is 10.0 Å². The molecule has 0 unspecified atom stereocenters. The number of thiophene rings is 1. The molecule has 21 heavy (non-hydrogen) atoms. The van der Waals surface area contributed by atoms with Crippen LogP contribution in [-0.4, -0.2) is 20.4 Å². The van der Waals surface area contributed by atoms with Gasteiger partial charge < -0.3 is 0 Å². The number of anilines is 1. The second kappa shape index (κ2) is 5.80. The van der Waals surface area contributed by atoms with Gasteiger partial charge >= 0.3 is 0 Å².